The van der Waals surface area contributed by atoms with E-state index in [4.69, 9.17) is 10.5 Å². The molecule has 3 nitrogen and oxygen atoms in total. The molecule has 1 fully saturated rings. The molecule has 0 aromatic carbocycles. The van der Waals surface area contributed by atoms with Crippen molar-refractivity contribution in [3.05, 3.63) is 0 Å². The van der Waals surface area contributed by atoms with Crippen LogP contribution in [0.2, 0.25) is 0 Å². The molecule has 12 heavy (non-hydrogen) atoms. The molecule has 0 spiro atoms. The summed E-state index contributed by atoms with van der Waals surface area (Å²) in [4.78, 5) is 0. The van der Waals surface area contributed by atoms with Gasteiger partial charge in [-0.3, -0.25) is 0 Å². The minimum Gasteiger partial charge on any atom is -0.389 e. The monoisotopic (exact) mass is 173 g/mol. The highest BCUT2D eigenvalue weighted by molar-refractivity contribution is 4.86. The first-order chi connectivity index (χ1) is 5.52. The molecule has 0 aliphatic carbocycles. The molecule has 1 rings (SSSR count). The van der Waals surface area contributed by atoms with Crippen LogP contribution in [0.15, 0.2) is 0 Å². The lowest BCUT2D eigenvalue weighted by Crippen LogP contribution is -2.52. The number of nitrogens with two attached hydrogens (primary N) is 1. The molecule has 3 N–H and O–H groups in total. The van der Waals surface area contributed by atoms with Crippen LogP contribution in [-0.2, 0) is 4.74 Å². The SMILES string of the molecule is CC1O[C@@H](C(C)C)CC(N)[C@@H]1O. The van der Waals surface area contributed by atoms with Gasteiger partial charge in [0.25, 0.3) is 0 Å². The second-order valence-corrected chi connectivity index (χ2v) is 4.01. The first kappa shape index (κ1) is 9.96. The van der Waals surface area contributed by atoms with Crippen molar-refractivity contribution in [1.29, 1.82) is 0 Å². The molecular weight excluding hydrogens is 154 g/mol. The summed E-state index contributed by atoms with van der Waals surface area (Å²) in [6.45, 7) is 6.10. The van der Waals surface area contributed by atoms with E-state index in [9.17, 15) is 5.11 Å². The Bertz CT molecular complexity index is 137. The van der Waals surface area contributed by atoms with Crippen molar-refractivity contribution in [2.24, 2.45) is 11.7 Å². The molecule has 1 aliphatic heterocycles. The molecule has 3 heteroatoms. The Morgan fingerprint density at radius 1 is 1.50 bits per heavy atom. The largest absolute Gasteiger partial charge is 0.389 e. The number of hydrogen-bond donors (Lipinski definition) is 2. The van der Waals surface area contributed by atoms with Gasteiger partial charge in [0.1, 0.15) is 0 Å². The van der Waals surface area contributed by atoms with Gasteiger partial charge in [-0.1, -0.05) is 13.8 Å². The van der Waals surface area contributed by atoms with Crippen LogP contribution in [0.25, 0.3) is 0 Å². The summed E-state index contributed by atoms with van der Waals surface area (Å²) < 4.78 is 5.60. The maximum atomic E-state index is 9.50. The molecule has 0 bridgehead atoms. The van der Waals surface area contributed by atoms with E-state index in [1.54, 1.807) is 0 Å². The van der Waals surface area contributed by atoms with Crippen LogP contribution in [0.3, 0.4) is 0 Å². The van der Waals surface area contributed by atoms with Crippen LogP contribution in [0, 0.1) is 5.92 Å². The minimum absolute atomic E-state index is 0.124. The van der Waals surface area contributed by atoms with Gasteiger partial charge >= 0.3 is 0 Å². The molecule has 2 unspecified atom stereocenters. The van der Waals surface area contributed by atoms with E-state index in [-0.39, 0.29) is 18.2 Å². The summed E-state index contributed by atoms with van der Waals surface area (Å²) in [6, 6.07) is -0.124. The number of ether oxygens (including phenoxy) is 1. The second kappa shape index (κ2) is 3.73. The van der Waals surface area contributed by atoms with Crippen LogP contribution >= 0.6 is 0 Å². The lowest BCUT2D eigenvalue weighted by molar-refractivity contribution is -0.131. The van der Waals surface area contributed by atoms with Gasteiger partial charge in [0.2, 0.25) is 0 Å². The van der Waals surface area contributed by atoms with Crippen molar-refractivity contribution < 1.29 is 9.84 Å². The van der Waals surface area contributed by atoms with Crippen molar-refractivity contribution in [2.75, 3.05) is 0 Å². The molecule has 0 aromatic heterocycles. The first-order valence-electron chi connectivity index (χ1n) is 4.61. The summed E-state index contributed by atoms with van der Waals surface area (Å²) in [5.74, 6) is 0.478. The van der Waals surface area contributed by atoms with Crippen LogP contribution < -0.4 is 5.73 Å². The molecule has 4 atom stereocenters. The first-order valence-corrected chi connectivity index (χ1v) is 4.61. The molecule has 72 valence electrons. The van der Waals surface area contributed by atoms with Crippen molar-refractivity contribution in [3.8, 4) is 0 Å². The Morgan fingerprint density at radius 3 is 2.50 bits per heavy atom. The van der Waals surface area contributed by atoms with Gasteiger partial charge in [0.05, 0.1) is 18.3 Å². The van der Waals surface area contributed by atoms with E-state index in [1.165, 1.54) is 0 Å². The van der Waals surface area contributed by atoms with Gasteiger partial charge in [0.15, 0.2) is 0 Å². The standard InChI is InChI=1S/C9H19NO2/c1-5(2)8-4-7(10)9(11)6(3)12-8/h5-9,11H,4,10H2,1-3H3/t6?,7?,8-,9-/m1/s1. The number of aliphatic hydroxyl groups is 1. The zero-order chi connectivity index (χ0) is 9.30. The maximum absolute atomic E-state index is 9.50. The van der Waals surface area contributed by atoms with Gasteiger partial charge in [-0.25, -0.2) is 0 Å². The smallest absolute Gasteiger partial charge is 0.0950 e. The zero-order valence-corrected chi connectivity index (χ0v) is 8.03. The number of aliphatic hydroxyl groups excluding tert-OH is 1. The highest BCUT2D eigenvalue weighted by Crippen LogP contribution is 2.23. The Kier molecular flexibility index (Phi) is 3.09. The third-order valence-electron chi connectivity index (χ3n) is 2.56. The molecule has 0 saturated carbocycles. The molecular formula is C9H19NO2. The summed E-state index contributed by atoms with van der Waals surface area (Å²) in [6.07, 6.45) is 0.350. The summed E-state index contributed by atoms with van der Waals surface area (Å²) >= 11 is 0. The predicted molar refractivity (Wildman–Crippen MR) is 47.8 cm³/mol. The summed E-state index contributed by atoms with van der Waals surface area (Å²) in [5, 5.41) is 9.50. The maximum Gasteiger partial charge on any atom is 0.0950 e. The zero-order valence-electron chi connectivity index (χ0n) is 8.03. The molecule has 1 heterocycles. The molecule has 1 aliphatic rings. The van der Waals surface area contributed by atoms with Crippen LogP contribution in [0.5, 0.6) is 0 Å². The van der Waals surface area contributed by atoms with E-state index in [0.717, 1.165) is 6.42 Å². The van der Waals surface area contributed by atoms with E-state index in [2.05, 4.69) is 13.8 Å². The predicted octanol–water partition coefficient (Wildman–Crippen LogP) is 0.508. The Labute approximate surface area is 73.9 Å². The average Bonchev–Trinajstić information content (AvgIpc) is 1.99. The third kappa shape index (κ3) is 1.97. The lowest BCUT2D eigenvalue weighted by Gasteiger charge is -2.38. The highest BCUT2D eigenvalue weighted by atomic mass is 16.5. The Morgan fingerprint density at radius 2 is 2.08 bits per heavy atom. The summed E-state index contributed by atoms with van der Waals surface area (Å²) in [7, 11) is 0. The molecule has 0 radical (unpaired) electrons. The Balaban J connectivity index is 2.53. The fourth-order valence-corrected chi connectivity index (χ4v) is 1.60. The van der Waals surface area contributed by atoms with Gasteiger partial charge in [0, 0.05) is 6.04 Å². The quantitative estimate of drug-likeness (QED) is 0.607. The third-order valence-corrected chi connectivity index (χ3v) is 2.56. The van der Waals surface area contributed by atoms with Crippen molar-refractivity contribution in [2.45, 2.75) is 51.5 Å². The Hall–Kier alpha value is -0.120. The van der Waals surface area contributed by atoms with Crippen molar-refractivity contribution in [3.63, 3.8) is 0 Å². The highest BCUT2D eigenvalue weighted by Gasteiger charge is 2.33. The second-order valence-electron chi connectivity index (χ2n) is 4.01. The van der Waals surface area contributed by atoms with Gasteiger partial charge in [-0.05, 0) is 19.3 Å². The number of rotatable bonds is 1. The fraction of sp³-hybridized carbons (Fsp3) is 1.00. The topological polar surface area (TPSA) is 55.5 Å². The van der Waals surface area contributed by atoms with Crippen molar-refractivity contribution >= 4 is 0 Å². The van der Waals surface area contributed by atoms with Gasteiger partial charge < -0.3 is 15.6 Å². The molecule has 0 aromatic rings. The minimum atomic E-state index is -0.500. The van der Waals surface area contributed by atoms with E-state index >= 15 is 0 Å². The van der Waals surface area contributed by atoms with Crippen LogP contribution in [-0.4, -0.2) is 29.5 Å². The van der Waals surface area contributed by atoms with E-state index in [1.807, 2.05) is 6.92 Å². The fourth-order valence-electron chi connectivity index (χ4n) is 1.60. The van der Waals surface area contributed by atoms with E-state index in [0.29, 0.717) is 5.92 Å². The molecule has 1 saturated heterocycles. The average molecular weight is 173 g/mol. The number of hydrogen-bond acceptors (Lipinski definition) is 3. The van der Waals surface area contributed by atoms with Gasteiger partial charge in [-0.2, -0.15) is 0 Å². The van der Waals surface area contributed by atoms with Crippen molar-refractivity contribution in [1.82, 2.24) is 0 Å². The van der Waals surface area contributed by atoms with E-state index < -0.39 is 6.10 Å². The summed E-state index contributed by atoms with van der Waals surface area (Å²) in [5.41, 5.74) is 5.77. The normalized spacial score (nSPS) is 43.5. The van der Waals surface area contributed by atoms with Crippen LogP contribution in [0.4, 0.5) is 0 Å². The molecule has 0 amide bonds. The van der Waals surface area contributed by atoms with Gasteiger partial charge in [-0.15, -0.1) is 0 Å². The van der Waals surface area contributed by atoms with Crippen LogP contribution in [0.1, 0.15) is 27.2 Å². The lowest BCUT2D eigenvalue weighted by atomic mass is 9.91.